The van der Waals surface area contributed by atoms with Gasteiger partial charge in [-0.25, -0.2) is 4.90 Å². The van der Waals surface area contributed by atoms with Crippen LogP contribution in [0.15, 0.2) is 108 Å². The quantitative estimate of drug-likeness (QED) is 0.0888. The second-order valence-electron chi connectivity index (χ2n) is 10.6. The van der Waals surface area contributed by atoms with Crippen LogP contribution >= 0.6 is 35.0 Å². The van der Waals surface area contributed by atoms with Crippen molar-refractivity contribution in [3.05, 3.63) is 124 Å². The molecular formula is C36H31Cl2N3O5S. The van der Waals surface area contributed by atoms with Gasteiger partial charge < -0.3 is 15.4 Å². The fraction of sp³-hybridized carbons (Fsp3) is 0.167. The predicted octanol–water partition coefficient (Wildman–Crippen LogP) is 8.01. The van der Waals surface area contributed by atoms with Crippen molar-refractivity contribution in [1.29, 1.82) is 0 Å². The lowest BCUT2D eigenvalue weighted by Crippen LogP contribution is -2.31. The Balaban J connectivity index is 1.26. The number of hydrogen-bond acceptors (Lipinski definition) is 6. The first-order valence-electron chi connectivity index (χ1n) is 14.9. The van der Waals surface area contributed by atoms with Crippen molar-refractivity contribution in [2.75, 3.05) is 16.8 Å². The van der Waals surface area contributed by atoms with Crippen LogP contribution in [0, 0.1) is 0 Å². The molecule has 4 amide bonds. The van der Waals surface area contributed by atoms with E-state index in [0.29, 0.717) is 44.9 Å². The Bertz CT molecular complexity index is 1780. The van der Waals surface area contributed by atoms with Crippen LogP contribution in [0.4, 0.5) is 11.4 Å². The minimum absolute atomic E-state index is 0.0661. The van der Waals surface area contributed by atoms with Crippen LogP contribution in [-0.2, 0) is 14.4 Å². The SMILES string of the molecule is CCCCOc1ccc(N2C(=O)CC(Sc3ccc(NC(=O)/C(=C/c4c(Cl)cccc4Cl)NC(=O)c4ccccc4)cc3)C2=O)cc1. The zero-order valence-corrected chi connectivity index (χ0v) is 27.7. The summed E-state index contributed by atoms with van der Waals surface area (Å²) >= 11 is 14.0. The summed E-state index contributed by atoms with van der Waals surface area (Å²) in [7, 11) is 0. The molecule has 0 saturated carbocycles. The number of carbonyl (C=O) groups is 4. The van der Waals surface area contributed by atoms with Gasteiger partial charge in [0.1, 0.15) is 11.4 Å². The molecule has 5 rings (SSSR count). The van der Waals surface area contributed by atoms with E-state index in [-0.39, 0.29) is 23.9 Å². The maximum absolute atomic E-state index is 13.4. The molecule has 1 saturated heterocycles. The first kappa shape index (κ1) is 33.8. The summed E-state index contributed by atoms with van der Waals surface area (Å²) in [6.45, 7) is 2.70. The average Bonchev–Trinajstić information content (AvgIpc) is 3.35. The molecule has 1 fully saturated rings. The number of rotatable bonds is 12. The number of thioether (sulfide) groups is 1. The third-order valence-corrected chi connectivity index (χ3v) is 9.03. The molecule has 4 aromatic rings. The van der Waals surface area contributed by atoms with E-state index in [1.807, 2.05) is 0 Å². The highest BCUT2D eigenvalue weighted by molar-refractivity contribution is 8.00. The number of anilines is 2. The summed E-state index contributed by atoms with van der Waals surface area (Å²) in [5.74, 6) is -0.957. The lowest BCUT2D eigenvalue weighted by molar-refractivity contribution is -0.121. The lowest BCUT2D eigenvalue weighted by atomic mass is 10.1. The highest BCUT2D eigenvalue weighted by Gasteiger charge is 2.40. The fourth-order valence-corrected chi connectivity index (χ4v) is 6.27. The van der Waals surface area contributed by atoms with Gasteiger partial charge in [0.05, 0.1) is 17.5 Å². The monoisotopic (exact) mass is 687 g/mol. The maximum Gasteiger partial charge on any atom is 0.272 e. The Kier molecular flexibility index (Phi) is 11.4. The number of hydrogen-bond donors (Lipinski definition) is 2. The Morgan fingerprint density at radius 2 is 1.60 bits per heavy atom. The average molecular weight is 689 g/mol. The molecule has 1 atom stereocenters. The largest absolute Gasteiger partial charge is 0.494 e. The normalized spacial score (nSPS) is 14.7. The molecule has 47 heavy (non-hydrogen) atoms. The van der Waals surface area contributed by atoms with Crippen molar-refractivity contribution in [2.24, 2.45) is 0 Å². The molecule has 8 nitrogen and oxygen atoms in total. The van der Waals surface area contributed by atoms with Crippen LogP contribution < -0.4 is 20.3 Å². The number of halogens is 2. The molecule has 11 heteroatoms. The van der Waals surface area contributed by atoms with E-state index in [2.05, 4.69) is 17.6 Å². The first-order chi connectivity index (χ1) is 22.7. The third-order valence-electron chi connectivity index (χ3n) is 7.17. The minimum Gasteiger partial charge on any atom is -0.494 e. The van der Waals surface area contributed by atoms with Gasteiger partial charge in [0.2, 0.25) is 11.8 Å². The highest BCUT2D eigenvalue weighted by Crippen LogP contribution is 2.35. The van der Waals surface area contributed by atoms with Crippen molar-refractivity contribution in [3.8, 4) is 5.75 Å². The van der Waals surface area contributed by atoms with Gasteiger partial charge in [-0.3, -0.25) is 19.2 Å². The topological polar surface area (TPSA) is 105 Å². The van der Waals surface area contributed by atoms with Crippen LogP contribution in [0.25, 0.3) is 6.08 Å². The summed E-state index contributed by atoms with van der Waals surface area (Å²) < 4.78 is 5.68. The Morgan fingerprint density at radius 1 is 0.915 bits per heavy atom. The second kappa shape index (κ2) is 15.8. The van der Waals surface area contributed by atoms with E-state index in [4.69, 9.17) is 27.9 Å². The number of nitrogens with zero attached hydrogens (tertiary/aromatic N) is 1. The third kappa shape index (κ3) is 8.62. The van der Waals surface area contributed by atoms with Crippen LogP contribution in [-0.4, -0.2) is 35.5 Å². The zero-order chi connectivity index (χ0) is 33.3. The van der Waals surface area contributed by atoms with Crippen molar-refractivity contribution >= 4 is 76.0 Å². The minimum atomic E-state index is -0.598. The van der Waals surface area contributed by atoms with E-state index >= 15 is 0 Å². The molecule has 1 heterocycles. The van der Waals surface area contributed by atoms with Crippen LogP contribution in [0.1, 0.15) is 42.1 Å². The summed E-state index contributed by atoms with van der Waals surface area (Å²) in [6.07, 6.45) is 3.46. The number of carbonyl (C=O) groups excluding carboxylic acids is 4. The van der Waals surface area contributed by atoms with Crippen molar-refractivity contribution < 1.29 is 23.9 Å². The number of benzene rings is 4. The fourth-order valence-electron chi connectivity index (χ4n) is 4.71. The van der Waals surface area contributed by atoms with Gasteiger partial charge in [0, 0.05) is 38.2 Å². The summed E-state index contributed by atoms with van der Waals surface area (Å²) in [5, 5.41) is 5.48. The van der Waals surface area contributed by atoms with Crippen LogP contribution in [0.2, 0.25) is 10.0 Å². The smallest absolute Gasteiger partial charge is 0.272 e. The van der Waals surface area contributed by atoms with Crippen molar-refractivity contribution in [1.82, 2.24) is 5.32 Å². The molecular weight excluding hydrogens is 657 g/mol. The summed E-state index contributed by atoms with van der Waals surface area (Å²) in [6, 6.07) is 27.2. The molecule has 4 aromatic carbocycles. The Morgan fingerprint density at radius 3 is 2.26 bits per heavy atom. The number of nitrogens with one attached hydrogen (secondary N) is 2. The highest BCUT2D eigenvalue weighted by atomic mass is 35.5. The molecule has 0 bridgehead atoms. The van der Waals surface area contributed by atoms with Gasteiger partial charge >= 0.3 is 0 Å². The molecule has 2 N–H and O–H groups in total. The van der Waals surface area contributed by atoms with E-state index < -0.39 is 17.1 Å². The van der Waals surface area contributed by atoms with Crippen LogP contribution in [0.5, 0.6) is 5.75 Å². The van der Waals surface area contributed by atoms with Gasteiger partial charge in [0.15, 0.2) is 0 Å². The van der Waals surface area contributed by atoms with Crippen LogP contribution in [0.3, 0.4) is 0 Å². The number of imide groups is 1. The molecule has 240 valence electrons. The lowest BCUT2D eigenvalue weighted by Gasteiger charge is -2.16. The standard InChI is InChI=1S/C36H31Cl2N3O5S/c1-2-3-20-46-26-16-14-25(15-17-26)41-33(42)22-32(36(41)45)47-27-18-12-24(13-19-27)39-35(44)31(21-28-29(37)10-7-11-30(28)38)40-34(43)23-8-5-4-6-9-23/h4-19,21,32H,2-3,20,22H2,1H3,(H,39,44)(H,40,43)/b31-21-. The van der Waals surface area contributed by atoms with Gasteiger partial charge in [0.25, 0.3) is 11.8 Å². The van der Waals surface area contributed by atoms with Crippen molar-refractivity contribution in [2.45, 2.75) is 36.3 Å². The molecule has 0 aliphatic carbocycles. The number of unbranched alkanes of at least 4 members (excludes halogenated alkanes) is 1. The molecule has 1 unspecified atom stereocenters. The Labute approximate surface area is 287 Å². The van der Waals surface area contributed by atoms with Gasteiger partial charge in [-0.15, -0.1) is 11.8 Å². The van der Waals surface area contributed by atoms with E-state index in [1.165, 1.54) is 22.7 Å². The Hall–Kier alpha value is -4.57. The molecule has 1 aliphatic rings. The van der Waals surface area contributed by atoms with Gasteiger partial charge in [-0.1, -0.05) is 60.8 Å². The van der Waals surface area contributed by atoms with Gasteiger partial charge in [-0.05, 0) is 85.3 Å². The molecule has 0 spiro atoms. The maximum atomic E-state index is 13.4. The zero-order valence-electron chi connectivity index (χ0n) is 25.4. The van der Waals surface area contributed by atoms with Crippen molar-refractivity contribution in [3.63, 3.8) is 0 Å². The van der Waals surface area contributed by atoms with E-state index in [9.17, 15) is 19.2 Å². The second-order valence-corrected chi connectivity index (χ2v) is 12.7. The summed E-state index contributed by atoms with van der Waals surface area (Å²) in [5.41, 5.74) is 1.63. The summed E-state index contributed by atoms with van der Waals surface area (Å²) in [4.78, 5) is 54.4. The first-order valence-corrected chi connectivity index (χ1v) is 16.6. The molecule has 0 aromatic heterocycles. The number of ether oxygens (including phenoxy) is 1. The molecule has 1 aliphatic heterocycles. The van der Waals surface area contributed by atoms with Gasteiger partial charge in [-0.2, -0.15) is 0 Å². The van der Waals surface area contributed by atoms with E-state index in [1.54, 1.807) is 97.1 Å². The predicted molar refractivity (Wildman–Crippen MR) is 187 cm³/mol. The van der Waals surface area contributed by atoms with E-state index in [0.717, 1.165) is 17.7 Å². The molecule has 0 radical (unpaired) electrons. The number of amides is 4.